The third-order valence-corrected chi connectivity index (χ3v) is 6.37. The molecule has 1 heterocycles. The van der Waals surface area contributed by atoms with Crippen molar-refractivity contribution < 1.29 is 9.59 Å². The van der Waals surface area contributed by atoms with Gasteiger partial charge in [-0.3, -0.25) is 9.59 Å². The van der Waals surface area contributed by atoms with Crippen molar-refractivity contribution in [2.45, 2.75) is 32.6 Å². The number of fused-ring (bicyclic) bond motifs is 1. The molecule has 0 unspecified atom stereocenters. The molecule has 3 aromatic rings. The largest absolute Gasteiger partial charge is 0.312 e. The predicted molar refractivity (Wildman–Crippen MR) is 131 cm³/mol. The molecule has 0 spiro atoms. The second-order valence-electron chi connectivity index (χ2n) is 7.97. The minimum absolute atomic E-state index is 0.0314. The smallest absolute Gasteiger partial charge is 0.258 e. The van der Waals surface area contributed by atoms with Crippen LogP contribution in [0.4, 0.5) is 11.4 Å². The van der Waals surface area contributed by atoms with E-state index >= 15 is 0 Å². The second-order valence-corrected chi connectivity index (χ2v) is 8.40. The second kappa shape index (κ2) is 9.58. The quantitative estimate of drug-likeness (QED) is 0.475. The molecular weight excluding hydrogens is 420 g/mol. The van der Waals surface area contributed by atoms with E-state index in [-0.39, 0.29) is 17.7 Å². The fourth-order valence-corrected chi connectivity index (χ4v) is 4.47. The van der Waals surface area contributed by atoms with E-state index in [1.807, 2.05) is 67.6 Å². The first-order chi connectivity index (χ1) is 15.5. The number of hydrogen-bond acceptors (Lipinski definition) is 2. The summed E-state index contributed by atoms with van der Waals surface area (Å²) in [6, 6.07) is 22.9. The maximum Gasteiger partial charge on any atom is 0.258 e. The van der Waals surface area contributed by atoms with Crippen molar-refractivity contribution in [3.8, 4) is 0 Å². The Kier molecular flexibility index (Phi) is 6.61. The van der Waals surface area contributed by atoms with Crippen molar-refractivity contribution in [2.75, 3.05) is 22.9 Å². The van der Waals surface area contributed by atoms with E-state index in [4.69, 9.17) is 11.6 Å². The van der Waals surface area contributed by atoms with Crippen LogP contribution in [0.2, 0.25) is 5.02 Å². The van der Waals surface area contributed by atoms with Gasteiger partial charge in [0.15, 0.2) is 0 Å². The van der Waals surface area contributed by atoms with Gasteiger partial charge in [0.2, 0.25) is 5.91 Å². The maximum atomic E-state index is 13.6. The van der Waals surface area contributed by atoms with Gasteiger partial charge in [-0.25, -0.2) is 0 Å². The Morgan fingerprint density at radius 1 is 0.969 bits per heavy atom. The van der Waals surface area contributed by atoms with Gasteiger partial charge in [0.1, 0.15) is 0 Å². The summed E-state index contributed by atoms with van der Waals surface area (Å²) in [6.45, 7) is 5.13. The van der Waals surface area contributed by atoms with Gasteiger partial charge in [-0.15, -0.1) is 0 Å². The van der Waals surface area contributed by atoms with Crippen molar-refractivity contribution in [1.82, 2.24) is 0 Å². The molecule has 0 radical (unpaired) electrons. The van der Waals surface area contributed by atoms with E-state index in [0.717, 1.165) is 23.4 Å². The van der Waals surface area contributed by atoms with Crippen molar-refractivity contribution in [1.29, 1.82) is 0 Å². The minimum Gasteiger partial charge on any atom is -0.312 e. The zero-order valence-corrected chi connectivity index (χ0v) is 19.2. The third-order valence-electron chi connectivity index (χ3n) is 6.12. The maximum absolute atomic E-state index is 13.6. The number of carbonyl (C=O) groups excluding carboxylic acids is 2. The molecule has 0 N–H and O–H groups in total. The monoisotopic (exact) mass is 446 g/mol. The highest BCUT2D eigenvalue weighted by Gasteiger charge is 2.35. The van der Waals surface area contributed by atoms with Crippen LogP contribution in [0.1, 0.15) is 47.7 Å². The Morgan fingerprint density at radius 2 is 1.66 bits per heavy atom. The Morgan fingerprint density at radius 3 is 2.31 bits per heavy atom. The van der Waals surface area contributed by atoms with Crippen LogP contribution in [0, 0.1) is 0 Å². The van der Waals surface area contributed by atoms with Crippen LogP contribution >= 0.6 is 11.6 Å². The van der Waals surface area contributed by atoms with Crippen LogP contribution in [0.3, 0.4) is 0 Å². The summed E-state index contributed by atoms with van der Waals surface area (Å²) in [6.07, 6.45) is 1.52. The normalized spacial score (nSPS) is 15.2. The van der Waals surface area contributed by atoms with Crippen LogP contribution in [-0.2, 0) is 11.2 Å². The molecular formula is C27H27ClN2O2. The number of para-hydroxylation sites is 1. The van der Waals surface area contributed by atoms with Gasteiger partial charge in [0.25, 0.3) is 5.91 Å². The molecule has 0 saturated carbocycles. The molecule has 3 aromatic carbocycles. The highest BCUT2D eigenvalue weighted by atomic mass is 35.5. The van der Waals surface area contributed by atoms with Gasteiger partial charge in [0, 0.05) is 35.1 Å². The highest BCUT2D eigenvalue weighted by molar-refractivity contribution is 6.30. The van der Waals surface area contributed by atoms with Crippen LogP contribution < -0.4 is 9.80 Å². The van der Waals surface area contributed by atoms with Crippen molar-refractivity contribution in [2.24, 2.45) is 0 Å². The number of likely N-dealkylation sites (N-methyl/N-ethyl adjacent to an activating group) is 1. The zero-order chi connectivity index (χ0) is 22.7. The number of carbonyl (C=O) groups is 2. The average molecular weight is 447 g/mol. The predicted octanol–water partition coefficient (Wildman–Crippen LogP) is 6.09. The lowest BCUT2D eigenvalue weighted by Gasteiger charge is -2.36. The van der Waals surface area contributed by atoms with E-state index in [9.17, 15) is 9.59 Å². The molecule has 32 heavy (non-hydrogen) atoms. The molecule has 1 aliphatic heterocycles. The number of aryl methyl sites for hydroxylation is 1. The van der Waals surface area contributed by atoms with Gasteiger partial charge < -0.3 is 9.80 Å². The number of anilines is 2. The lowest BCUT2D eigenvalue weighted by Crippen LogP contribution is -2.42. The van der Waals surface area contributed by atoms with Crippen molar-refractivity contribution in [3.63, 3.8) is 0 Å². The molecule has 2 amide bonds. The minimum atomic E-state index is -0.298. The molecule has 0 aliphatic carbocycles. The summed E-state index contributed by atoms with van der Waals surface area (Å²) in [5.74, 6) is -0.286. The Hall–Kier alpha value is -3.11. The first-order valence-corrected chi connectivity index (χ1v) is 11.5. The standard InChI is InChI=1S/C27H27ClN2O2/c1-3-19-9-11-20(12-10-19)26(31)30-18-17-24(23-7-5-6-8-25(23)30)27(32)29(4-2)22-15-13-21(28)14-16-22/h5-16,24H,3-4,17-18H2,1-2H3/t24-/m0/s1. The first-order valence-electron chi connectivity index (χ1n) is 11.1. The van der Waals surface area contributed by atoms with Gasteiger partial charge >= 0.3 is 0 Å². The SMILES string of the molecule is CCc1ccc(C(=O)N2CC[C@H](C(=O)N(CC)c3ccc(Cl)cc3)c3ccccc32)cc1. The molecule has 0 fully saturated rings. The molecule has 0 aromatic heterocycles. The Labute approximate surface area is 194 Å². The molecule has 4 nitrogen and oxygen atoms in total. The summed E-state index contributed by atoms with van der Waals surface area (Å²) in [5, 5.41) is 0.640. The summed E-state index contributed by atoms with van der Waals surface area (Å²) in [5.41, 5.74) is 4.41. The Balaban J connectivity index is 1.63. The summed E-state index contributed by atoms with van der Waals surface area (Å²) >= 11 is 6.03. The van der Waals surface area contributed by atoms with E-state index < -0.39 is 0 Å². The molecule has 0 bridgehead atoms. The fourth-order valence-electron chi connectivity index (χ4n) is 4.34. The summed E-state index contributed by atoms with van der Waals surface area (Å²) < 4.78 is 0. The number of amides is 2. The van der Waals surface area contributed by atoms with Gasteiger partial charge in [-0.05, 0) is 73.4 Å². The Bertz CT molecular complexity index is 1110. The van der Waals surface area contributed by atoms with E-state index in [2.05, 4.69) is 6.92 Å². The summed E-state index contributed by atoms with van der Waals surface area (Å²) in [4.78, 5) is 30.5. The number of nitrogens with zero attached hydrogens (tertiary/aromatic N) is 2. The van der Waals surface area contributed by atoms with Crippen molar-refractivity contribution >= 4 is 34.8 Å². The van der Waals surface area contributed by atoms with Crippen molar-refractivity contribution in [3.05, 3.63) is 94.5 Å². The van der Waals surface area contributed by atoms with Gasteiger partial charge in [-0.2, -0.15) is 0 Å². The molecule has 164 valence electrons. The number of benzene rings is 3. The number of halogens is 1. The fraction of sp³-hybridized carbons (Fsp3) is 0.259. The van der Waals surface area contributed by atoms with E-state index in [1.54, 1.807) is 21.9 Å². The first kappa shape index (κ1) is 22.1. The van der Waals surface area contributed by atoms with Gasteiger partial charge in [0.05, 0.1) is 5.92 Å². The zero-order valence-electron chi connectivity index (χ0n) is 18.4. The van der Waals surface area contributed by atoms with Crippen LogP contribution in [0.5, 0.6) is 0 Å². The molecule has 1 atom stereocenters. The highest BCUT2D eigenvalue weighted by Crippen LogP contribution is 2.38. The van der Waals surface area contributed by atoms with Crippen LogP contribution in [-0.4, -0.2) is 24.9 Å². The van der Waals surface area contributed by atoms with Crippen LogP contribution in [0.15, 0.2) is 72.8 Å². The number of hydrogen-bond donors (Lipinski definition) is 0. The van der Waals surface area contributed by atoms with Gasteiger partial charge in [-0.1, -0.05) is 48.9 Å². The molecule has 1 aliphatic rings. The van der Waals surface area contributed by atoms with Crippen LogP contribution in [0.25, 0.3) is 0 Å². The molecule has 5 heteroatoms. The average Bonchev–Trinajstić information content (AvgIpc) is 2.84. The summed E-state index contributed by atoms with van der Waals surface area (Å²) in [7, 11) is 0. The topological polar surface area (TPSA) is 40.6 Å². The molecule has 0 saturated heterocycles. The molecule has 4 rings (SSSR count). The lowest BCUT2D eigenvalue weighted by atomic mass is 9.88. The number of rotatable bonds is 5. The lowest BCUT2D eigenvalue weighted by molar-refractivity contribution is -0.120. The third kappa shape index (κ3) is 4.28. The van der Waals surface area contributed by atoms with E-state index in [0.29, 0.717) is 30.1 Å². The van der Waals surface area contributed by atoms with E-state index in [1.165, 1.54) is 5.56 Å².